The molecule has 4 N–H and O–H groups in total. The third-order valence-electron chi connectivity index (χ3n) is 8.10. The Balaban J connectivity index is 1.23. The number of aliphatic hydroxyl groups excluding tert-OH is 3. The van der Waals surface area contributed by atoms with Crippen molar-refractivity contribution in [2.24, 2.45) is 0 Å². The number of ketones is 2. The molecular formula is C31H32O10. The van der Waals surface area contributed by atoms with Crippen LogP contribution < -0.4 is 4.74 Å². The molecule has 216 valence electrons. The Bertz CT molecular complexity index is 1510. The number of carbonyl (C=O) groups excluding carboxylic acids is 2. The average Bonchev–Trinajstić information content (AvgIpc) is 2.91. The van der Waals surface area contributed by atoms with Crippen LogP contribution in [0.3, 0.4) is 0 Å². The van der Waals surface area contributed by atoms with E-state index >= 15 is 0 Å². The number of aryl methyl sites for hydroxylation is 1. The number of ether oxygens (including phenoxy) is 4. The molecule has 10 nitrogen and oxygen atoms in total. The minimum atomic E-state index is -1.03. The summed E-state index contributed by atoms with van der Waals surface area (Å²) in [5.41, 5.74) is 1.41. The number of hydrogen-bond donors (Lipinski definition) is 4. The fraction of sp³-hybridized carbons (Fsp3) is 0.419. The van der Waals surface area contributed by atoms with Crippen molar-refractivity contribution in [3.05, 3.63) is 70.3 Å². The molecule has 2 saturated heterocycles. The fourth-order valence-electron chi connectivity index (χ4n) is 6.06. The van der Waals surface area contributed by atoms with Crippen LogP contribution in [0.4, 0.5) is 0 Å². The van der Waals surface area contributed by atoms with Crippen LogP contribution in [0.1, 0.15) is 64.1 Å². The Labute approximate surface area is 236 Å². The largest absolute Gasteiger partial charge is 0.507 e. The summed E-state index contributed by atoms with van der Waals surface area (Å²) in [5, 5.41) is 42.6. The van der Waals surface area contributed by atoms with Gasteiger partial charge in [-0.3, -0.25) is 9.59 Å². The molecule has 2 aliphatic heterocycles. The van der Waals surface area contributed by atoms with Gasteiger partial charge in [0, 0.05) is 34.9 Å². The lowest BCUT2D eigenvalue weighted by molar-refractivity contribution is -0.303. The third kappa shape index (κ3) is 4.80. The molecule has 8 unspecified atom stereocenters. The van der Waals surface area contributed by atoms with E-state index in [9.17, 15) is 30.0 Å². The molecular weight excluding hydrogens is 532 g/mol. The van der Waals surface area contributed by atoms with E-state index in [2.05, 4.69) is 0 Å². The Hall–Kier alpha value is -3.38. The van der Waals surface area contributed by atoms with Gasteiger partial charge in [-0.05, 0) is 49.9 Å². The molecule has 0 radical (unpaired) electrons. The third-order valence-corrected chi connectivity index (χ3v) is 8.10. The van der Waals surface area contributed by atoms with Gasteiger partial charge in [-0.25, -0.2) is 0 Å². The van der Waals surface area contributed by atoms with Gasteiger partial charge in [-0.2, -0.15) is 0 Å². The van der Waals surface area contributed by atoms with Crippen molar-refractivity contribution < 1.29 is 49.0 Å². The zero-order valence-electron chi connectivity index (χ0n) is 22.8. The summed E-state index contributed by atoms with van der Waals surface area (Å²) in [6.45, 7) is 5.16. The molecule has 10 heteroatoms. The molecule has 3 aromatic carbocycles. The number of phenols is 1. The minimum Gasteiger partial charge on any atom is -0.507 e. The number of fused-ring (bicyclic) bond motifs is 4. The summed E-state index contributed by atoms with van der Waals surface area (Å²) in [4.78, 5) is 27.4. The molecule has 2 fully saturated rings. The van der Waals surface area contributed by atoms with Gasteiger partial charge >= 0.3 is 0 Å². The number of rotatable bonds is 4. The van der Waals surface area contributed by atoms with Gasteiger partial charge in [-0.15, -0.1) is 0 Å². The SMILES string of the molecule is Cc1cc(O)c2c3c(ccc2c1)C(=O)c1c(OC2CC(O)C(OC4CC(O)C(O)C(C)O4)C(C)O2)cccc1C3=O. The van der Waals surface area contributed by atoms with E-state index in [4.69, 9.17) is 18.9 Å². The summed E-state index contributed by atoms with van der Waals surface area (Å²) in [6.07, 6.45) is -6.89. The molecule has 8 atom stereocenters. The predicted molar refractivity (Wildman–Crippen MR) is 145 cm³/mol. The second-order valence-corrected chi connectivity index (χ2v) is 11.1. The molecule has 1 aliphatic carbocycles. The van der Waals surface area contributed by atoms with E-state index in [0.29, 0.717) is 10.8 Å². The summed E-state index contributed by atoms with van der Waals surface area (Å²) in [6, 6.07) is 11.4. The van der Waals surface area contributed by atoms with E-state index in [1.54, 1.807) is 50.2 Å². The van der Waals surface area contributed by atoms with Crippen molar-refractivity contribution in [3.63, 3.8) is 0 Å². The van der Waals surface area contributed by atoms with Crippen LogP contribution in [0, 0.1) is 6.92 Å². The lowest BCUT2D eigenvalue weighted by atomic mass is 9.81. The molecule has 2 heterocycles. The molecule has 41 heavy (non-hydrogen) atoms. The fourth-order valence-corrected chi connectivity index (χ4v) is 6.06. The van der Waals surface area contributed by atoms with E-state index in [0.717, 1.165) is 5.56 Å². The maximum Gasteiger partial charge on any atom is 0.202 e. The predicted octanol–water partition coefficient (Wildman–Crippen LogP) is 2.75. The summed E-state index contributed by atoms with van der Waals surface area (Å²) in [7, 11) is 0. The standard InChI is InChI=1S/C31H32O10/c1-13-9-16-7-8-18-27(25(16)19(32)10-13)30(37)17-5-4-6-22(26(17)29(18)36)40-23-12-21(34)31(15(3)39-23)41-24-11-20(33)28(35)14(2)38-24/h4-10,14-15,20-21,23-24,28,31-35H,11-12H2,1-3H3. The Morgan fingerprint density at radius 1 is 0.829 bits per heavy atom. The van der Waals surface area contributed by atoms with E-state index in [1.807, 2.05) is 13.0 Å². The van der Waals surface area contributed by atoms with Gasteiger partial charge in [0.25, 0.3) is 0 Å². The number of aromatic hydroxyl groups is 1. The average molecular weight is 565 g/mol. The van der Waals surface area contributed by atoms with Crippen LogP contribution in [0.5, 0.6) is 11.5 Å². The lowest BCUT2D eigenvalue weighted by Crippen LogP contribution is -2.54. The molecule has 3 aromatic rings. The second kappa shape index (κ2) is 10.5. The van der Waals surface area contributed by atoms with Crippen LogP contribution >= 0.6 is 0 Å². The highest BCUT2D eigenvalue weighted by molar-refractivity contribution is 6.33. The second-order valence-electron chi connectivity index (χ2n) is 11.1. The van der Waals surface area contributed by atoms with Crippen molar-refractivity contribution in [1.29, 1.82) is 0 Å². The molecule has 0 spiro atoms. The van der Waals surface area contributed by atoms with Crippen LogP contribution in [-0.4, -0.2) is 81.2 Å². The summed E-state index contributed by atoms with van der Waals surface area (Å²) in [5.74, 6) is -0.736. The Morgan fingerprint density at radius 3 is 2.24 bits per heavy atom. The van der Waals surface area contributed by atoms with Crippen LogP contribution in [0.2, 0.25) is 0 Å². The molecule has 3 aliphatic rings. The first kappa shape index (κ1) is 27.8. The summed E-state index contributed by atoms with van der Waals surface area (Å²) < 4.78 is 23.6. The first-order valence-corrected chi connectivity index (χ1v) is 13.7. The molecule has 0 saturated carbocycles. The zero-order chi connectivity index (χ0) is 29.2. The van der Waals surface area contributed by atoms with Crippen molar-refractivity contribution in [3.8, 4) is 11.5 Å². The normalized spacial score (nSPS) is 31.6. The number of benzene rings is 3. The smallest absolute Gasteiger partial charge is 0.202 e. The van der Waals surface area contributed by atoms with Crippen molar-refractivity contribution in [2.45, 2.75) is 82.8 Å². The Kier molecular flexibility index (Phi) is 7.09. The van der Waals surface area contributed by atoms with Gasteiger partial charge < -0.3 is 39.4 Å². The van der Waals surface area contributed by atoms with Crippen LogP contribution in [0.25, 0.3) is 10.8 Å². The van der Waals surface area contributed by atoms with Crippen molar-refractivity contribution in [2.75, 3.05) is 0 Å². The quantitative estimate of drug-likeness (QED) is 0.291. The first-order chi connectivity index (χ1) is 19.5. The van der Waals surface area contributed by atoms with Crippen LogP contribution in [0.15, 0.2) is 42.5 Å². The number of carbonyl (C=O) groups is 2. The van der Waals surface area contributed by atoms with E-state index < -0.39 is 60.8 Å². The van der Waals surface area contributed by atoms with Crippen LogP contribution in [-0.2, 0) is 14.2 Å². The molecule has 0 bridgehead atoms. The number of aliphatic hydroxyl groups is 3. The van der Waals surface area contributed by atoms with Gasteiger partial charge in [-0.1, -0.05) is 24.3 Å². The topological polar surface area (TPSA) is 152 Å². The maximum absolute atomic E-state index is 13.7. The van der Waals surface area contributed by atoms with E-state index in [1.165, 1.54) is 0 Å². The minimum absolute atomic E-state index is 0.00269. The van der Waals surface area contributed by atoms with Crippen molar-refractivity contribution >= 4 is 22.3 Å². The number of hydrogen-bond acceptors (Lipinski definition) is 10. The van der Waals surface area contributed by atoms with E-state index in [-0.39, 0.29) is 46.6 Å². The monoisotopic (exact) mass is 564 g/mol. The molecule has 6 rings (SSSR count). The highest BCUT2D eigenvalue weighted by atomic mass is 16.7. The van der Waals surface area contributed by atoms with Crippen molar-refractivity contribution in [1.82, 2.24) is 0 Å². The number of phenolic OH excluding ortho intramolecular Hbond substituents is 1. The first-order valence-electron chi connectivity index (χ1n) is 13.7. The molecule has 0 amide bonds. The zero-order valence-corrected chi connectivity index (χ0v) is 22.8. The van der Waals surface area contributed by atoms with Gasteiger partial charge in [0.1, 0.15) is 23.7 Å². The lowest BCUT2D eigenvalue weighted by Gasteiger charge is -2.42. The van der Waals surface area contributed by atoms with Gasteiger partial charge in [0.2, 0.25) is 6.29 Å². The van der Waals surface area contributed by atoms with Gasteiger partial charge in [0.05, 0.1) is 30.0 Å². The van der Waals surface area contributed by atoms with Gasteiger partial charge in [0.15, 0.2) is 17.9 Å². The highest BCUT2D eigenvalue weighted by Gasteiger charge is 2.43. The Morgan fingerprint density at radius 2 is 1.51 bits per heavy atom. The molecule has 0 aromatic heterocycles. The maximum atomic E-state index is 13.7. The highest BCUT2D eigenvalue weighted by Crippen LogP contribution is 2.40. The summed E-state index contributed by atoms with van der Waals surface area (Å²) >= 11 is 0.